The Hall–Kier alpha value is -1.26. The third-order valence-corrected chi connectivity index (χ3v) is 4.20. The highest BCUT2D eigenvalue weighted by molar-refractivity contribution is 9.10. The average molecular weight is 364 g/mol. The predicted octanol–water partition coefficient (Wildman–Crippen LogP) is 5.18. The number of carbonyl (C=O) groups is 1. The molecule has 21 heavy (non-hydrogen) atoms. The molecular weight excluding hydrogens is 346 g/mol. The monoisotopic (exact) mass is 363 g/mol. The Kier molecular flexibility index (Phi) is 5.88. The van der Waals surface area contributed by atoms with Gasteiger partial charge in [0, 0.05) is 21.6 Å². The summed E-state index contributed by atoms with van der Waals surface area (Å²) < 4.78 is 0.794. The van der Waals surface area contributed by atoms with Crippen LogP contribution in [0.15, 0.2) is 57.9 Å². The van der Waals surface area contributed by atoms with Crippen LogP contribution in [-0.2, 0) is 0 Å². The van der Waals surface area contributed by atoms with E-state index < -0.39 is 0 Å². The molecule has 0 spiro atoms. The van der Waals surface area contributed by atoms with Gasteiger partial charge in [-0.1, -0.05) is 31.5 Å². The zero-order chi connectivity index (χ0) is 15.2. The van der Waals surface area contributed by atoms with Crippen LogP contribution in [0.25, 0.3) is 0 Å². The van der Waals surface area contributed by atoms with Crippen molar-refractivity contribution in [3.05, 3.63) is 58.6 Å². The van der Waals surface area contributed by atoms with Gasteiger partial charge >= 0.3 is 0 Å². The van der Waals surface area contributed by atoms with E-state index in [0.29, 0.717) is 12.1 Å². The first kappa shape index (κ1) is 16.1. The van der Waals surface area contributed by atoms with E-state index in [1.807, 2.05) is 47.4 Å². The van der Waals surface area contributed by atoms with Crippen LogP contribution in [-0.4, -0.2) is 12.5 Å². The van der Waals surface area contributed by atoms with E-state index in [1.165, 1.54) is 0 Å². The Morgan fingerprint density at radius 1 is 1.19 bits per heavy atom. The summed E-state index contributed by atoms with van der Waals surface area (Å²) in [6, 6.07) is 15.3. The molecule has 2 aromatic carbocycles. The molecule has 0 fully saturated rings. The maximum absolute atomic E-state index is 12.9. The van der Waals surface area contributed by atoms with Crippen LogP contribution >= 0.6 is 28.6 Å². The lowest BCUT2D eigenvalue weighted by Gasteiger charge is -2.23. The summed E-state index contributed by atoms with van der Waals surface area (Å²) in [6.45, 7) is 2.83. The number of halogens is 1. The van der Waals surface area contributed by atoms with Gasteiger partial charge in [0.15, 0.2) is 0 Å². The molecule has 0 aliphatic heterocycles. The summed E-state index contributed by atoms with van der Waals surface area (Å²) in [5.74, 6) is -0.00238. The van der Waals surface area contributed by atoms with Crippen LogP contribution in [0.4, 0.5) is 5.69 Å². The smallest absolute Gasteiger partial charge is 0.259 e. The van der Waals surface area contributed by atoms with Crippen molar-refractivity contribution in [3.63, 3.8) is 0 Å². The molecule has 0 aliphatic rings. The molecule has 4 heteroatoms. The third kappa shape index (κ3) is 4.11. The van der Waals surface area contributed by atoms with Crippen molar-refractivity contribution in [1.82, 2.24) is 0 Å². The van der Waals surface area contributed by atoms with E-state index in [4.69, 9.17) is 0 Å². The normalized spacial score (nSPS) is 10.4. The second-order valence-corrected chi connectivity index (χ2v) is 6.18. The number of thiol groups is 1. The molecule has 0 saturated carbocycles. The Balaban J connectivity index is 2.36. The number of para-hydroxylation sites is 1. The topological polar surface area (TPSA) is 20.3 Å². The zero-order valence-corrected chi connectivity index (χ0v) is 14.4. The lowest BCUT2D eigenvalue weighted by molar-refractivity contribution is 0.0985. The number of hydrogen-bond donors (Lipinski definition) is 1. The molecule has 0 heterocycles. The molecule has 0 bridgehead atoms. The second-order valence-electron chi connectivity index (χ2n) is 4.81. The van der Waals surface area contributed by atoms with E-state index in [1.54, 1.807) is 6.07 Å². The van der Waals surface area contributed by atoms with Crippen molar-refractivity contribution >= 4 is 40.2 Å². The lowest BCUT2D eigenvalue weighted by atomic mass is 10.1. The lowest BCUT2D eigenvalue weighted by Crippen LogP contribution is -2.32. The van der Waals surface area contributed by atoms with Crippen LogP contribution < -0.4 is 4.90 Å². The first-order valence-electron chi connectivity index (χ1n) is 6.99. The summed E-state index contributed by atoms with van der Waals surface area (Å²) in [5.41, 5.74) is 1.56. The standard InChI is InChI=1S/C17H18BrNOS/c1-2-3-11-19(13-7-5-4-6-8-13)17(20)15-12-14(21)9-10-16(15)18/h4-10,12,21H,2-3,11H2,1H3. The number of rotatable bonds is 5. The minimum atomic E-state index is -0.00238. The Morgan fingerprint density at radius 2 is 1.90 bits per heavy atom. The van der Waals surface area contributed by atoms with Crippen molar-refractivity contribution in [1.29, 1.82) is 0 Å². The summed E-state index contributed by atoms with van der Waals surface area (Å²) in [6.07, 6.45) is 2.02. The molecular formula is C17H18BrNOS. The summed E-state index contributed by atoms with van der Waals surface area (Å²) >= 11 is 7.79. The first-order valence-corrected chi connectivity index (χ1v) is 8.23. The summed E-state index contributed by atoms with van der Waals surface area (Å²) in [7, 11) is 0. The summed E-state index contributed by atoms with van der Waals surface area (Å²) in [5, 5.41) is 0. The quantitative estimate of drug-likeness (QED) is 0.725. The number of nitrogens with zero attached hydrogens (tertiary/aromatic N) is 1. The molecule has 0 aliphatic carbocycles. The van der Waals surface area contributed by atoms with Gasteiger partial charge in [-0.25, -0.2) is 0 Å². The Labute approximate surface area is 139 Å². The van der Waals surface area contributed by atoms with E-state index in [2.05, 4.69) is 35.5 Å². The Bertz CT molecular complexity index is 615. The highest BCUT2D eigenvalue weighted by atomic mass is 79.9. The number of amides is 1. The molecule has 0 atom stereocenters. The van der Waals surface area contributed by atoms with E-state index in [-0.39, 0.29) is 5.91 Å². The van der Waals surface area contributed by atoms with Crippen LogP contribution in [0, 0.1) is 0 Å². The van der Waals surface area contributed by atoms with Gasteiger partial charge in [-0.05, 0) is 52.7 Å². The van der Waals surface area contributed by atoms with E-state index in [9.17, 15) is 4.79 Å². The van der Waals surface area contributed by atoms with Crippen molar-refractivity contribution < 1.29 is 4.79 Å². The first-order chi connectivity index (χ1) is 10.1. The maximum Gasteiger partial charge on any atom is 0.259 e. The van der Waals surface area contributed by atoms with Gasteiger partial charge < -0.3 is 4.90 Å². The molecule has 0 radical (unpaired) electrons. The molecule has 0 aromatic heterocycles. The van der Waals surface area contributed by atoms with Gasteiger partial charge in [-0.2, -0.15) is 0 Å². The molecule has 0 unspecified atom stereocenters. The third-order valence-electron chi connectivity index (χ3n) is 3.23. The van der Waals surface area contributed by atoms with Crippen molar-refractivity contribution in [2.75, 3.05) is 11.4 Å². The maximum atomic E-state index is 12.9. The number of carbonyl (C=O) groups excluding carboxylic acids is 1. The highest BCUT2D eigenvalue weighted by Crippen LogP contribution is 2.24. The SMILES string of the molecule is CCCCN(C(=O)c1cc(S)ccc1Br)c1ccccc1. The number of unbranched alkanes of at least 4 members (excludes halogenated alkanes) is 1. The van der Waals surface area contributed by atoms with Crippen molar-refractivity contribution in [3.8, 4) is 0 Å². The molecule has 1 amide bonds. The van der Waals surface area contributed by atoms with Gasteiger partial charge in [0.2, 0.25) is 0 Å². The van der Waals surface area contributed by atoms with Gasteiger partial charge in [-0.3, -0.25) is 4.79 Å². The molecule has 2 aromatic rings. The van der Waals surface area contributed by atoms with Crippen molar-refractivity contribution in [2.45, 2.75) is 24.7 Å². The van der Waals surface area contributed by atoms with Gasteiger partial charge in [0.25, 0.3) is 5.91 Å². The average Bonchev–Trinajstić information content (AvgIpc) is 2.51. The van der Waals surface area contributed by atoms with E-state index >= 15 is 0 Å². The fourth-order valence-corrected chi connectivity index (χ4v) is 2.71. The predicted molar refractivity (Wildman–Crippen MR) is 94.4 cm³/mol. The van der Waals surface area contributed by atoms with Gasteiger partial charge in [0.05, 0.1) is 5.56 Å². The van der Waals surface area contributed by atoms with Gasteiger partial charge in [-0.15, -0.1) is 12.6 Å². The van der Waals surface area contributed by atoms with Crippen molar-refractivity contribution in [2.24, 2.45) is 0 Å². The van der Waals surface area contributed by atoms with E-state index in [0.717, 1.165) is 27.9 Å². The minimum absolute atomic E-state index is 0.00238. The molecule has 0 saturated heterocycles. The second kappa shape index (κ2) is 7.66. The highest BCUT2D eigenvalue weighted by Gasteiger charge is 2.19. The van der Waals surface area contributed by atoms with Crippen LogP contribution in [0.1, 0.15) is 30.1 Å². The fraction of sp³-hybridized carbons (Fsp3) is 0.235. The fourth-order valence-electron chi connectivity index (χ4n) is 2.09. The van der Waals surface area contributed by atoms with Crippen LogP contribution in [0.5, 0.6) is 0 Å². The number of anilines is 1. The van der Waals surface area contributed by atoms with Gasteiger partial charge in [0.1, 0.15) is 0 Å². The van der Waals surface area contributed by atoms with Crippen LogP contribution in [0.3, 0.4) is 0 Å². The molecule has 2 nitrogen and oxygen atoms in total. The largest absolute Gasteiger partial charge is 0.308 e. The Morgan fingerprint density at radius 3 is 2.57 bits per heavy atom. The molecule has 0 N–H and O–H groups in total. The van der Waals surface area contributed by atoms with Crippen LogP contribution in [0.2, 0.25) is 0 Å². The minimum Gasteiger partial charge on any atom is -0.308 e. The summed E-state index contributed by atoms with van der Waals surface area (Å²) in [4.78, 5) is 15.5. The molecule has 2 rings (SSSR count). The number of hydrogen-bond acceptors (Lipinski definition) is 2. The zero-order valence-electron chi connectivity index (χ0n) is 11.9. The molecule has 110 valence electrons. The number of benzene rings is 2.